The lowest BCUT2D eigenvalue weighted by Crippen LogP contribution is -2.41. The van der Waals surface area contributed by atoms with Gasteiger partial charge in [-0.1, -0.05) is 17.7 Å². The van der Waals surface area contributed by atoms with Crippen molar-refractivity contribution in [2.75, 3.05) is 0 Å². The van der Waals surface area contributed by atoms with Gasteiger partial charge in [-0.3, -0.25) is 25.3 Å². The highest BCUT2D eigenvalue weighted by Gasteiger charge is 2.23. The highest BCUT2D eigenvalue weighted by molar-refractivity contribution is 7.89. The second kappa shape index (κ2) is 6.91. The average Bonchev–Trinajstić information content (AvgIpc) is 2.55. The zero-order valence-electron chi connectivity index (χ0n) is 12.2. The quantitative estimate of drug-likeness (QED) is 0.606. The number of pyridine rings is 1. The van der Waals surface area contributed by atoms with Gasteiger partial charge in [0.25, 0.3) is 21.6 Å². The number of nitrogens with one attached hydrogen (secondary N) is 2. The van der Waals surface area contributed by atoms with Crippen LogP contribution in [-0.2, 0) is 10.0 Å². The van der Waals surface area contributed by atoms with Gasteiger partial charge in [0, 0.05) is 17.8 Å². The van der Waals surface area contributed by atoms with E-state index in [1.54, 1.807) is 12.1 Å². The molecule has 0 bridgehead atoms. The minimum Gasteiger partial charge on any atom is -0.272 e. The van der Waals surface area contributed by atoms with Crippen molar-refractivity contribution in [1.29, 1.82) is 0 Å². The predicted octanol–water partition coefficient (Wildman–Crippen LogP) is 1.57. The van der Waals surface area contributed by atoms with Crippen molar-refractivity contribution >= 4 is 33.2 Å². The zero-order valence-corrected chi connectivity index (χ0v) is 13.8. The predicted molar refractivity (Wildman–Crippen MR) is 84.9 cm³/mol. The summed E-state index contributed by atoms with van der Waals surface area (Å²) in [7, 11) is -4.26. The second-order valence-corrected chi connectivity index (χ2v) is 6.67. The number of carbonyl (C=O) groups is 1. The number of sulfonamides is 1. The minimum absolute atomic E-state index is 0.00637. The first-order chi connectivity index (χ1) is 11.2. The molecule has 126 valence electrons. The maximum atomic E-state index is 12.2. The molecular formula is C13H11ClN4O5S. The molecule has 2 rings (SSSR count). The van der Waals surface area contributed by atoms with Crippen molar-refractivity contribution < 1.29 is 18.1 Å². The molecule has 0 radical (unpaired) electrons. The molecular weight excluding hydrogens is 360 g/mol. The zero-order chi connectivity index (χ0) is 17.9. The number of nitro benzene ring substituents is 1. The van der Waals surface area contributed by atoms with Gasteiger partial charge in [0.15, 0.2) is 0 Å². The molecule has 0 aliphatic heterocycles. The monoisotopic (exact) mass is 370 g/mol. The molecule has 1 amide bonds. The number of halogens is 1. The smallest absolute Gasteiger partial charge is 0.272 e. The van der Waals surface area contributed by atoms with Crippen LogP contribution in [0.2, 0.25) is 5.02 Å². The van der Waals surface area contributed by atoms with Gasteiger partial charge in [0.2, 0.25) is 0 Å². The Bertz CT molecular complexity index is 902. The van der Waals surface area contributed by atoms with Crippen LogP contribution in [0.4, 0.5) is 5.69 Å². The summed E-state index contributed by atoms with van der Waals surface area (Å²) in [5.41, 5.74) is 1.65. The normalized spacial score (nSPS) is 11.1. The number of hydrogen-bond donors (Lipinski definition) is 2. The number of hydrogen-bond acceptors (Lipinski definition) is 6. The standard InChI is InChI=1S/C13H11ClN4O5S/c1-8-10(14)6-9(7-12(8)18(20)21)24(22,23)17-16-13(19)11-4-2-3-5-15-11/h2-7,17H,1H3,(H,16,19). The first-order valence-corrected chi connectivity index (χ1v) is 8.26. The Kier molecular flexibility index (Phi) is 5.12. The van der Waals surface area contributed by atoms with Crippen molar-refractivity contribution in [2.45, 2.75) is 11.8 Å². The third-order valence-electron chi connectivity index (χ3n) is 2.99. The van der Waals surface area contributed by atoms with Crippen LogP contribution in [-0.4, -0.2) is 24.2 Å². The van der Waals surface area contributed by atoms with Gasteiger partial charge in [-0.25, -0.2) is 8.42 Å². The van der Waals surface area contributed by atoms with E-state index in [4.69, 9.17) is 11.6 Å². The van der Waals surface area contributed by atoms with Crippen LogP contribution in [0, 0.1) is 17.0 Å². The molecule has 1 aromatic carbocycles. The van der Waals surface area contributed by atoms with Gasteiger partial charge < -0.3 is 0 Å². The number of carbonyl (C=O) groups excluding carboxylic acids is 1. The Labute approximate surface area is 141 Å². The Balaban J connectivity index is 2.25. The van der Waals surface area contributed by atoms with E-state index in [2.05, 4.69) is 4.98 Å². The summed E-state index contributed by atoms with van der Waals surface area (Å²) < 4.78 is 24.4. The van der Waals surface area contributed by atoms with E-state index in [0.29, 0.717) is 0 Å². The Morgan fingerprint density at radius 1 is 1.33 bits per heavy atom. The number of hydrazine groups is 1. The number of nitrogens with zero attached hydrogens (tertiary/aromatic N) is 2. The van der Waals surface area contributed by atoms with Crippen molar-refractivity contribution in [3.05, 3.63) is 62.9 Å². The molecule has 11 heteroatoms. The summed E-state index contributed by atoms with van der Waals surface area (Å²) in [4.78, 5) is 27.1. The summed E-state index contributed by atoms with van der Waals surface area (Å²) in [6, 6.07) is 6.45. The number of nitro groups is 1. The van der Waals surface area contributed by atoms with Crippen LogP contribution in [0.25, 0.3) is 0 Å². The Morgan fingerprint density at radius 2 is 2.04 bits per heavy atom. The lowest BCUT2D eigenvalue weighted by atomic mass is 10.2. The number of benzene rings is 1. The third kappa shape index (κ3) is 3.85. The summed E-state index contributed by atoms with van der Waals surface area (Å²) >= 11 is 5.83. The maximum Gasteiger partial charge on any atom is 0.284 e. The van der Waals surface area contributed by atoms with E-state index in [9.17, 15) is 23.3 Å². The van der Waals surface area contributed by atoms with Gasteiger partial charge in [-0.15, -0.1) is 4.83 Å². The molecule has 0 saturated heterocycles. The van der Waals surface area contributed by atoms with Crippen LogP contribution in [0.15, 0.2) is 41.4 Å². The minimum atomic E-state index is -4.26. The van der Waals surface area contributed by atoms with E-state index < -0.39 is 31.4 Å². The third-order valence-corrected chi connectivity index (χ3v) is 4.61. The van der Waals surface area contributed by atoms with Gasteiger partial charge in [0.05, 0.1) is 14.8 Å². The van der Waals surface area contributed by atoms with Gasteiger partial charge >= 0.3 is 0 Å². The average molecular weight is 371 g/mol. The van der Waals surface area contributed by atoms with Crippen molar-refractivity contribution in [3.8, 4) is 0 Å². The number of amides is 1. The van der Waals surface area contributed by atoms with E-state index in [1.165, 1.54) is 19.2 Å². The fourth-order valence-electron chi connectivity index (χ4n) is 1.72. The lowest BCUT2D eigenvalue weighted by Gasteiger charge is -2.09. The first kappa shape index (κ1) is 17.8. The fraction of sp³-hybridized carbons (Fsp3) is 0.0769. The number of aromatic nitrogens is 1. The van der Waals surface area contributed by atoms with Crippen LogP contribution in [0.3, 0.4) is 0 Å². The van der Waals surface area contributed by atoms with E-state index in [0.717, 1.165) is 12.1 Å². The fourth-order valence-corrected chi connectivity index (χ4v) is 2.88. The Morgan fingerprint density at radius 3 is 2.62 bits per heavy atom. The highest BCUT2D eigenvalue weighted by atomic mass is 35.5. The van der Waals surface area contributed by atoms with Crippen LogP contribution in [0.1, 0.15) is 16.1 Å². The Hall–Kier alpha value is -2.56. The van der Waals surface area contributed by atoms with E-state index in [-0.39, 0.29) is 16.3 Å². The highest BCUT2D eigenvalue weighted by Crippen LogP contribution is 2.29. The van der Waals surface area contributed by atoms with Crippen LogP contribution < -0.4 is 10.3 Å². The van der Waals surface area contributed by atoms with E-state index in [1.807, 2.05) is 10.3 Å². The van der Waals surface area contributed by atoms with Gasteiger partial charge in [-0.2, -0.15) is 0 Å². The molecule has 0 spiro atoms. The van der Waals surface area contributed by atoms with Gasteiger partial charge in [-0.05, 0) is 25.1 Å². The summed E-state index contributed by atoms with van der Waals surface area (Å²) in [5, 5.41) is 10.9. The van der Waals surface area contributed by atoms with Crippen molar-refractivity contribution in [1.82, 2.24) is 15.2 Å². The molecule has 0 atom stereocenters. The molecule has 2 aromatic rings. The molecule has 9 nitrogen and oxygen atoms in total. The molecule has 0 saturated carbocycles. The molecule has 0 unspecified atom stereocenters. The SMILES string of the molecule is Cc1c(Cl)cc(S(=O)(=O)NNC(=O)c2ccccn2)cc1[N+](=O)[O-]. The summed E-state index contributed by atoms with van der Waals surface area (Å²) in [6.45, 7) is 1.40. The summed E-state index contributed by atoms with van der Waals surface area (Å²) in [5.74, 6) is -0.785. The molecule has 24 heavy (non-hydrogen) atoms. The molecule has 0 aliphatic rings. The van der Waals surface area contributed by atoms with Crippen LogP contribution >= 0.6 is 11.6 Å². The summed E-state index contributed by atoms with van der Waals surface area (Å²) in [6.07, 6.45) is 1.37. The number of rotatable bonds is 5. The first-order valence-electron chi connectivity index (χ1n) is 6.40. The second-order valence-electron chi connectivity index (χ2n) is 4.58. The van der Waals surface area contributed by atoms with E-state index >= 15 is 0 Å². The molecule has 1 aromatic heterocycles. The van der Waals surface area contributed by atoms with Crippen LogP contribution in [0.5, 0.6) is 0 Å². The lowest BCUT2D eigenvalue weighted by molar-refractivity contribution is -0.385. The van der Waals surface area contributed by atoms with Gasteiger partial charge in [0.1, 0.15) is 5.69 Å². The maximum absolute atomic E-state index is 12.2. The molecule has 2 N–H and O–H groups in total. The topological polar surface area (TPSA) is 131 Å². The van der Waals surface area contributed by atoms with Crippen molar-refractivity contribution in [2.24, 2.45) is 0 Å². The molecule has 1 heterocycles. The largest absolute Gasteiger partial charge is 0.284 e. The molecule has 0 aliphatic carbocycles. The van der Waals surface area contributed by atoms with Crippen molar-refractivity contribution in [3.63, 3.8) is 0 Å². The molecule has 0 fully saturated rings.